The fourth-order valence-corrected chi connectivity index (χ4v) is 7.86. The van der Waals surface area contributed by atoms with E-state index in [2.05, 4.69) is 5.32 Å². The fourth-order valence-electron chi connectivity index (χ4n) is 6.07. The number of fused-ring (bicyclic) bond motifs is 5. The van der Waals surface area contributed by atoms with Crippen LogP contribution in [0.5, 0.6) is 0 Å². The molecule has 1 N–H and O–H groups in total. The minimum atomic E-state index is -4.24. The number of sulfonamides is 1. The SMILES string of the molecule is Cc1ccc(S(=O)(=O)N2c3c(oc4ccccc34)C(c3ccccc3)C23C(=O)Nc2c(C)cccc23)cc1. The quantitative estimate of drug-likeness (QED) is 0.306. The van der Waals surface area contributed by atoms with E-state index in [-0.39, 0.29) is 4.90 Å². The molecule has 7 rings (SSSR count). The Balaban J connectivity index is 1.65. The van der Waals surface area contributed by atoms with Crippen LogP contribution in [0.3, 0.4) is 0 Å². The van der Waals surface area contributed by atoms with Gasteiger partial charge in [0.25, 0.3) is 15.9 Å². The number of anilines is 2. The summed E-state index contributed by atoms with van der Waals surface area (Å²) in [5.74, 6) is -0.659. The van der Waals surface area contributed by atoms with Crippen molar-refractivity contribution in [2.45, 2.75) is 30.2 Å². The maximum atomic E-state index is 14.7. The van der Waals surface area contributed by atoms with Crippen LogP contribution < -0.4 is 9.62 Å². The number of nitrogens with zero attached hydrogens (tertiary/aromatic N) is 1. The van der Waals surface area contributed by atoms with Gasteiger partial charge < -0.3 is 9.73 Å². The number of carbonyl (C=O) groups is 1. The molecule has 2 atom stereocenters. The van der Waals surface area contributed by atoms with Gasteiger partial charge in [-0.15, -0.1) is 0 Å². The monoisotopic (exact) mass is 520 g/mol. The van der Waals surface area contributed by atoms with Gasteiger partial charge in [0.1, 0.15) is 17.0 Å². The summed E-state index contributed by atoms with van der Waals surface area (Å²) in [6.45, 7) is 3.82. The number of hydrogen-bond acceptors (Lipinski definition) is 4. The molecule has 1 spiro atoms. The third-order valence-electron chi connectivity index (χ3n) is 7.76. The molecular formula is C31H24N2O4S. The number of benzene rings is 4. The lowest BCUT2D eigenvalue weighted by atomic mass is 9.76. The zero-order valence-electron chi connectivity index (χ0n) is 20.8. The highest BCUT2D eigenvalue weighted by Crippen LogP contribution is 2.64. The lowest BCUT2D eigenvalue weighted by molar-refractivity contribution is -0.120. The van der Waals surface area contributed by atoms with Gasteiger partial charge in [0.2, 0.25) is 0 Å². The molecule has 2 unspecified atom stereocenters. The Morgan fingerprint density at radius 2 is 1.55 bits per heavy atom. The molecule has 38 heavy (non-hydrogen) atoms. The van der Waals surface area contributed by atoms with Crippen molar-refractivity contribution < 1.29 is 17.6 Å². The molecule has 188 valence electrons. The van der Waals surface area contributed by atoms with E-state index >= 15 is 0 Å². The molecule has 2 aliphatic rings. The van der Waals surface area contributed by atoms with E-state index in [1.165, 1.54) is 4.31 Å². The molecule has 0 aliphatic carbocycles. The van der Waals surface area contributed by atoms with Gasteiger partial charge >= 0.3 is 0 Å². The molecule has 0 fully saturated rings. The van der Waals surface area contributed by atoms with Crippen molar-refractivity contribution in [1.82, 2.24) is 0 Å². The van der Waals surface area contributed by atoms with Crippen LogP contribution in [0.25, 0.3) is 11.0 Å². The number of furan rings is 1. The molecule has 0 bridgehead atoms. The average molecular weight is 521 g/mol. The van der Waals surface area contributed by atoms with E-state index in [0.717, 1.165) is 16.7 Å². The topological polar surface area (TPSA) is 79.6 Å². The summed E-state index contributed by atoms with van der Waals surface area (Å²) in [4.78, 5) is 14.5. The minimum absolute atomic E-state index is 0.112. The van der Waals surface area contributed by atoms with Gasteiger partial charge in [-0.1, -0.05) is 78.4 Å². The molecule has 0 saturated heterocycles. The largest absolute Gasteiger partial charge is 0.458 e. The van der Waals surface area contributed by atoms with Crippen molar-refractivity contribution in [2.75, 3.05) is 9.62 Å². The summed E-state index contributed by atoms with van der Waals surface area (Å²) in [6, 6.07) is 29.3. The second-order valence-corrected chi connectivity index (χ2v) is 11.7. The van der Waals surface area contributed by atoms with Crippen LogP contribution >= 0.6 is 0 Å². The van der Waals surface area contributed by atoms with Crippen LogP contribution in [0, 0.1) is 13.8 Å². The predicted octanol–water partition coefficient (Wildman–Crippen LogP) is 6.24. The van der Waals surface area contributed by atoms with Gasteiger partial charge in [0, 0.05) is 16.6 Å². The molecule has 0 saturated carbocycles. The van der Waals surface area contributed by atoms with Gasteiger partial charge in [0.05, 0.1) is 10.8 Å². The molecule has 2 aliphatic heterocycles. The normalized spacial score (nSPS) is 20.1. The molecule has 3 heterocycles. The molecule has 0 radical (unpaired) electrons. The molecule has 6 nitrogen and oxygen atoms in total. The first kappa shape index (κ1) is 22.8. The van der Waals surface area contributed by atoms with E-state index in [1.54, 1.807) is 24.3 Å². The number of rotatable bonds is 3. The molecule has 1 aromatic heterocycles. The van der Waals surface area contributed by atoms with Crippen molar-refractivity contribution in [3.63, 3.8) is 0 Å². The Morgan fingerprint density at radius 1 is 0.842 bits per heavy atom. The van der Waals surface area contributed by atoms with E-state index in [1.807, 2.05) is 86.6 Å². The van der Waals surface area contributed by atoms with Crippen molar-refractivity contribution in [2.24, 2.45) is 0 Å². The van der Waals surface area contributed by atoms with Crippen molar-refractivity contribution in [1.29, 1.82) is 0 Å². The Kier molecular flexibility index (Phi) is 4.69. The molecule has 1 amide bonds. The number of amides is 1. The summed E-state index contributed by atoms with van der Waals surface area (Å²) in [5, 5.41) is 3.69. The summed E-state index contributed by atoms with van der Waals surface area (Å²) >= 11 is 0. The van der Waals surface area contributed by atoms with E-state index in [9.17, 15) is 13.2 Å². The smallest absolute Gasteiger partial charge is 0.265 e. The first-order valence-electron chi connectivity index (χ1n) is 12.4. The van der Waals surface area contributed by atoms with E-state index < -0.39 is 27.4 Å². The van der Waals surface area contributed by atoms with Gasteiger partial charge in [0.15, 0.2) is 5.54 Å². The van der Waals surface area contributed by atoms with Crippen molar-refractivity contribution in [3.8, 4) is 0 Å². The number of para-hydroxylation sites is 2. The highest BCUT2D eigenvalue weighted by molar-refractivity contribution is 7.93. The van der Waals surface area contributed by atoms with Crippen LogP contribution in [0.4, 0.5) is 11.4 Å². The summed E-state index contributed by atoms with van der Waals surface area (Å²) in [6.07, 6.45) is 0. The van der Waals surface area contributed by atoms with Crippen LogP contribution in [-0.4, -0.2) is 14.3 Å². The Labute approximate surface area is 220 Å². The fraction of sp³-hybridized carbons (Fsp3) is 0.129. The summed E-state index contributed by atoms with van der Waals surface area (Å²) < 4.78 is 37.3. The van der Waals surface area contributed by atoms with Gasteiger partial charge in [-0.2, -0.15) is 0 Å². The highest BCUT2D eigenvalue weighted by atomic mass is 32.2. The molecule has 5 aromatic rings. The molecular weight excluding hydrogens is 496 g/mol. The minimum Gasteiger partial charge on any atom is -0.458 e. The van der Waals surface area contributed by atoms with Crippen LogP contribution in [0.1, 0.15) is 33.9 Å². The predicted molar refractivity (Wildman–Crippen MR) is 147 cm³/mol. The summed E-state index contributed by atoms with van der Waals surface area (Å²) in [5.41, 5.74) is 3.19. The van der Waals surface area contributed by atoms with Crippen molar-refractivity contribution in [3.05, 3.63) is 125 Å². The number of carbonyl (C=O) groups excluding carboxylic acids is 1. The number of aryl methyl sites for hydroxylation is 2. The van der Waals surface area contributed by atoms with E-state index in [4.69, 9.17) is 4.42 Å². The Hall–Kier alpha value is -4.36. The Bertz CT molecular complexity index is 1860. The van der Waals surface area contributed by atoms with E-state index in [0.29, 0.717) is 33.7 Å². The van der Waals surface area contributed by atoms with Crippen LogP contribution in [0.2, 0.25) is 0 Å². The third kappa shape index (κ3) is 2.82. The zero-order valence-corrected chi connectivity index (χ0v) is 21.6. The second-order valence-electron chi connectivity index (χ2n) is 9.96. The van der Waals surface area contributed by atoms with Crippen LogP contribution in [0.15, 0.2) is 106 Å². The highest BCUT2D eigenvalue weighted by Gasteiger charge is 2.67. The zero-order chi connectivity index (χ0) is 26.2. The molecule has 7 heteroatoms. The number of hydrogen-bond donors (Lipinski definition) is 1. The van der Waals surface area contributed by atoms with Crippen molar-refractivity contribution >= 4 is 38.3 Å². The number of nitrogens with one attached hydrogen (secondary N) is 1. The lowest BCUT2D eigenvalue weighted by Crippen LogP contribution is -2.54. The van der Waals surface area contributed by atoms with Gasteiger partial charge in [-0.3, -0.25) is 4.79 Å². The maximum Gasteiger partial charge on any atom is 0.265 e. The average Bonchev–Trinajstić information content (AvgIpc) is 3.53. The lowest BCUT2D eigenvalue weighted by Gasteiger charge is -2.38. The summed E-state index contributed by atoms with van der Waals surface area (Å²) in [7, 11) is -4.24. The standard InChI is InChI=1S/C31H24N2O4S/c1-19-15-17-22(18-16-19)38(35,36)33-28-23-12-6-7-14-25(23)37-29(28)26(21-10-4-3-5-11-21)31(33)24-13-8-9-20(2)27(24)32-30(31)34/h3-18,26H,1-2H3,(H,32,34). The Morgan fingerprint density at radius 3 is 2.32 bits per heavy atom. The van der Waals surface area contributed by atoms with Gasteiger partial charge in [-0.05, 0) is 49.2 Å². The second kappa shape index (κ2) is 7.82. The first-order chi connectivity index (χ1) is 18.3. The maximum absolute atomic E-state index is 14.7. The van der Waals surface area contributed by atoms with Crippen LogP contribution in [-0.2, 0) is 20.4 Å². The first-order valence-corrected chi connectivity index (χ1v) is 13.9. The third-order valence-corrected chi connectivity index (χ3v) is 9.58. The molecule has 4 aromatic carbocycles. The van der Waals surface area contributed by atoms with Gasteiger partial charge in [-0.25, -0.2) is 12.7 Å².